The maximum absolute atomic E-state index is 5.37. The molecule has 6 heteroatoms. The average Bonchev–Trinajstić information content (AvgIpc) is 2.64. The molecule has 0 unspecified atom stereocenters. The van der Waals surface area contributed by atoms with Crippen LogP contribution in [0.25, 0.3) is 11.2 Å². The van der Waals surface area contributed by atoms with Gasteiger partial charge in [0.15, 0.2) is 10.4 Å². The lowest BCUT2D eigenvalue weighted by Crippen LogP contribution is -2.31. The molecule has 0 aliphatic rings. The van der Waals surface area contributed by atoms with E-state index in [1.54, 1.807) is 20.3 Å². The molecule has 0 aromatic carbocycles. The monoisotopic (exact) mass is 267 g/mol. The molecule has 0 bridgehead atoms. The third-order valence-corrected chi connectivity index (χ3v) is 3.10. The first-order chi connectivity index (χ1) is 8.49. The highest BCUT2D eigenvalue weighted by Gasteiger charge is 2.24. The Hall–Kier alpha value is -1.40. The summed E-state index contributed by atoms with van der Waals surface area (Å²) in [6.45, 7) is 4.66. The van der Waals surface area contributed by atoms with Crippen molar-refractivity contribution in [3.63, 3.8) is 0 Å². The number of imidazole rings is 1. The lowest BCUT2D eigenvalue weighted by Gasteiger charge is -2.25. The van der Waals surface area contributed by atoms with E-state index < -0.39 is 0 Å². The van der Waals surface area contributed by atoms with Crippen molar-refractivity contribution in [2.45, 2.75) is 19.4 Å². The Morgan fingerprint density at radius 1 is 1.39 bits per heavy atom. The largest absolute Gasteiger partial charge is 0.481 e. The molecule has 0 amide bonds. The zero-order valence-corrected chi connectivity index (χ0v) is 11.8. The number of ether oxygens (including phenoxy) is 2. The van der Waals surface area contributed by atoms with E-state index in [9.17, 15) is 0 Å². The molecule has 0 spiro atoms. The van der Waals surface area contributed by atoms with Gasteiger partial charge in [-0.3, -0.25) is 4.57 Å². The number of hydrogen-bond acceptors (Lipinski definition) is 4. The number of rotatable bonds is 4. The Bertz CT molecular complexity index is 615. The van der Waals surface area contributed by atoms with Crippen LogP contribution in [0.15, 0.2) is 12.1 Å². The number of nitrogens with one attached hydrogen (secondary N) is 1. The zero-order chi connectivity index (χ0) is 13.3. The Morgan fingerprint density at radius 2 is 2.11 bits per heavy atom. The summed E-state index contributed by atoms with van der Waals surface area (Å²) in [4.78, 5) is 7.60. The molecule has 1 N–H and O–H groups in total. The Labute approximate surface area is 111 Å². The van der Waals surface area contributed by atoms with Gasteiger partial charge >= 0.3 is 0 Å². The molecule has 0 saturated carbocycles. The van der Waals surface area contributed by atoms with Crippen molar-refractivity contribution in [1.29, 1.82) is 0 Å². The molecule has 2 aromatic rings. The van der Waals surface area contributed by atoms with Crippen LogP contribution < -0.4 is 4.74 Å². The van der Waals surface area contributed by atoms with Gasteiger partial charge in [-0.05, 0) is 32.1 Å². The fourth-order valence-corrected chi connectivity index (χ4v) is 2.50. The van der Waals surface area contributed by atoms with E-state index in [2.05, 4.69) is 23.8 Å². The second-order valence-electron chi connectivity index (χ2n) is 4.74. The van der Waals surface area contributed by atoms with Gasteiger partial charge in [0, 0.05) is 13.2 Å². The first kappa shape index (κ1) is 13.0. The molecule has 0 aliphatic heterocycles. The summed E-state index contributed by atoms with van der Waals surface area (Å²) in [5.41, 5.74) is 1.40. The molecule has 0 radical (unpaired) electrons. The van der Waals surface area contributed by atoms with Crippen LogP contribution in [0.1, 0.15) is 13.8 Å². The standard InChI is InChI=1S/C12H17N3O2S/c1-12(2,7-16-3)15-10-8(13-11(15)18)5-6-9(14-10)17-4/h5-6H,7H2,1-4H3,(H,13,18). The average molecular weight is 267 g/mol. The molecule has 0 atom stereocenters. The number of aromatic nitrogens is 3. The van der Waals surface area contributed by atoms with Crippen LogP contribution in [0.3, 0.4) is 0 Å². The molecule has 2 rings (SSSR count). The van der Waals surface area contributed by atoms with Crippen molar-refractivity contribution in [2.24, 2.45) is 0 Å². The minimum absolute atomic E-state index is 0.274. The van der Waals surface area contributed by atoms with Gasteiger partial charge in [-0.1, -0.05) is 0 Å². The van der Waals surface area contributed by atoms with Crippen LogP contribution in [0.2, 0.25) is 0 Å². The molecule has 98 valence electrons. The summed E-state index contributed by atoms with van der Waals surface area (Å²) >= 11 is 5.37. The van der Waals surface area contributed by atoms with Crippen LogP contribution in [0.4, 0.5) is 0 Å². The van der Waals surface area contributed by atoms with Gasteiger partial charge in [0.1, 0.15) is 0 Å². The van der Waals surface area contributed by atoms with Crippen molar-refractivity contribution in [1.82, 2.24) is 14.5 Å². The maximum atomic E-state index is 5.37. The minimum Gasteiger partial charge on any atom is -0.481 e. The van der Waals surface area contributed by atoms with Crippen LogP contribution in [-0.2, 0) is 10.3 Å². The van der Waals surface area contributed by atoms with E-state index in [1.165, 1.54) is 0 Å². The molecule has 2 heterocycles. The van der Waals surface area contributed by atoms with Crippen LogP contribution in [0.5, 0.6) is 5.88 Å². The van der Waals surface area contributed by atoms with E-state index >= 15 is 0 Å². The smallest absolute Gasteiger partial charge is 0.215 e. The summed E-state index contributed by atoms with van der Waals surface area (Å²) in [7, 11) is 3.27. The second kappa shape index (κ2) is 4.70. The topological polar surface area (TPSA) is 52.1 Å². The van der Waals surface area contributed by atoms with Crippen LogP contribution >= 0.6 is 12.2 Å². The van der Waals surface area contributed by atoms with E-state index in [-0.39, 0.29) is 5.54 Å². The molecule has 0 saturated heterocycles. The third-order valence-electron chi connectivity index (χ3n) is 2.82. The number of methoxy groups -OCH3 is 2. The fraction of sp³-hybridized carbons (Fsp3) is 0.500. The summed E-state index contributed by atoms with van der Waals surface area (Å²) in [6, 6.07) is 3.72. The van der Waals surface area contributed by atoms with Crippen molar-refractivity contribution in [2.75, 3.05) is 20.8 Å². The normalized spacial score (nSPS) is 12.0. The number of fused-ring (bicyclic) bond motifs is 1. The molecule has 5 nitrogen and oxygen atoms in total. The molecular formula is C12H17N3O2S. The maximum Gasteiger partial charge on any atom is 0.215 e. The second-order valence-corrected chi connectivity index (χ2v) is 5.12. The van der Waals surface area contributed by atoms with Gasteiger partial charge in [-0.15, -0.1) is 0 Å². The Kier molecular flexibility index (Phi) is 3.41. The highest BCUT2D eigenvalue weighted by atomic mass is 32.1. The summed E-state index contributed by atoms with van der Waals surface area (Å²) in [5, 5.41) is 0. The number of H-pyrrole nitrogens is 1. The summed E-state index contributed by atoms with van der Waals surface area (Å²) in [5.74, 6) is 0.568. The molecule has 0 fully saturated rings. The van der Waals surface area contributed by atoms with E-state index in [4.69, 9.17) is 21.7 Å². The lowest BCUT2D eigenvalue weighted by atomic mass is 10.1. The van der Waals surface area contributed by atoms with Crippen molar-refractivity contribution in [3.8, 4) is 5.88 Å². The first-order valence-electron chi connectivity index (χ1n) is 5.65. The van der Waals surface area contributed by atoms with Crippen molar-refractivity contribution < 1.29 is 9.47 Å². The third kappa shape index (κ3) is 2.13. The number of aromatic amines is 1. The highest BCUT2D eigenvalue weighted by molar-refractivity contribution is 7.71. The van der Waals surface area contributed by atoms with E-state index in [0.717, 1.165) is 11.2 Å². The Morgan fingerprint density at radius 3 is 2.72 bits per heavy atom. The summed E-state index contributed by atoms with van der Waals surface area (Å²) < 4.78 is 13.0. The number of hydrogen-bond donors (Lipinski definition) is 1. The SMILES string of the molecule is COCC(C)(C)n1c(=S)[nH]c2ccc(OC)nc21. The van der Waals surface area contributed by atoms with E-state index in [0.29, 0.717) is 17.3 Å². The van der Waals surface area contributed by atoms with Gasteiger partial charge in [-0.2, -0.15) is 4.98 Å². The molecule has 2 aromatic heterocycles. The predicted molar refractivity (Wildman–Crippen MR) is 72.7 cm³/mol. The van der Waals surface area contributed by atoms with Gasteiger partial charge < -0.3 is 14.5 Å². The zero-order valence-electron chi connectivity index (χ0n) is 11.0. The summed E-state index contributed by atoms with van der Waals surface area (Å²) in [6.07, 6.45) is 0. The van der Waals surface area contributed by atoms with Gasteiger partial charge in [0.25, 0.3) is 0 Å². The highest BCUT2D eigenvalue weighted by Crippen LogP contribution is 2.24. The molecule has 0 aliphatic carbocycles. The van der Waals surface area contributed by atoms with Gasteiger partial charge in [-0.25, -0.2) is 0 Å². The van der Waals surface area contributed by atoms with E-state index in [1.807, 2.05) is 10.6 Å². The fourth-order valence-electron chi connectivity index (χ4n) is 2.06. The minimum atomic E-state index is -0.274. The van der Waals surface area contributed by atoms with Crippen molar-refractivity contribution >= 4 is 23.4 Å². The number of nitrogens with zero attached hydrogens (tertiary/aromatic N) is 2. The van der Waals surface area contributed by atoms with Crippen molar-refractivity contribution in [3.05, 3.63) is 16.9 Å². The van der Waals surface area contributed by atoms with Crippen LogP contribution in [0, 0.1) is 4.77 Å². The van der Waals surface area contributed by atoms with Crippen LogP contribution in [-0.4, -0.2) is 35.4 Å². The lowest BCUT2D eigenvalue weighted by molar-refractivity contribution is 0.111. The predicted octanol–water partition coefficient (Wildman–Crippen LogP) is 2.48. The quantitative estimate of drug-likeness (QED) is 0.865. The van der Waals surface area contributed by atoms with Gasteiger partial charge in [0.2, 0.25) is 5.88 Å². The molecular weight excluding hydrogens is 250 g/mol. The number of pyridine rings is 1. The Balaban J connectivity index is 2.69. The van der Waals surface area contributed by atoms with Gasteiger partial charge in [0.05, 0.1) is 24.8 Å². The molecule has 18 heavy (non-hydrogen) atoms. The first-order valence-corrected chi connectivity index (χ1v) is 6.05.